The number of rotatable bonds is 6. The Kier molecular flexibility index (Phi) is 6.68. The summed E-state index contributed by atoms with van der Waals surface area (Å²) in [5.41, 5.74) is 1.39. The summed E-state index contributed by atoms with van der Waals surface area (Å²) in [4.78, 5) is 19.0. The van der Waals surface area contributed by atoms with E-state index in [4.69, 9.17) is 4.74 Å². The molecule has 2 fully saturated rings. The molecule has 2 aliphatic rings. The van der Waals surface area contributed by atoms with E-state index in [1.165, 1.54) is 5.56 Å². The fraction of sp³-hybridized carbons (Fsp3) is 0.667. The van der Waals surface area contributed by atoms with Crippen LogP contribution in [0.4, 0.5) is 0 Å². The Morgan fingerprint density at radius 3 is 2.69 bits per heavy atom. The number of nitrogens with zero attached hydrogens (tertiary/aromatic N) is 3. The molecule has 5 heteroatoms. The molecule has 1 aromatic carbocycles. The van der Waals surface area contributed by atoms with E-state index in [1.807, 2.05) is 18.0 Å². The number of hydrogen-bond acceptors (Lipinski definition) is 4. The van der Waals surface area contributed by atoms with E-state index in [1.54, 1.807) is 0 Å². The second kappa shape index (κ2) is 8.98. The van der Waals surface area contributed by atoms with Gasteiger partial charge in [-0.05, 0) is 31.9 Å². The van der Waals surface area contributed by atoms with Crippen molar-refractivity contribution in [3.63, 3.8) is 0 Å². The smallest absolute Gasteiger partial charge is 0.222 e. The Morgan fingerprint density at radius 1 is 1.08 bits per heavy atom. The zero-order chi connectivity index (χ0) is 18.4. The molecule has 0 N–H and O–H groups in total. The fourth-order valence-corrected chi connectivity index (χ4v) is 4.19. The molecule has 0 radical (unpaired) electrons. The number of likely N-dealkylation sites (tertiary alicyclic amines) is 1. The summed E-state index contributed by atoms with van der Waals surface area (Å²) in [6.07, 6.45) is 3.79. The average Bonchev–Trinajstić information content (AvgIpc) is 2.80. The molecule has 1 unspecified atom stereocenters. The first-order chi connectivity index (χ1) is 12.6. The van der Waals surface area contributed by atoms with E-state index in [0.29, 0.717) is 18.9 Å². The van der Waals surface area contributed by atoms with Gasteiger partial charge in [0.05, 0.1) is 6.61 Å². The number of likely N-dealkylation sites (N-methyl/N-ethyl adjacent to an activating group) is 1. The molecule has 2 heterocycles. The van der Waals surface area contributed by atoms with Crippen molar-refractivity contribution in [2.24, 2.45) is 0 Å². The van der Waals surface area contributed by atoms with Crippen molar-refractivity contribution in [1.82, 2.24) is 14.7 Å². The van der Waals surface area contributed by atoms with Crippen molar-refractivity contribution in [2.45, 2.75) is 37.8 Å². The predicted octanol–water partition coefficient (Wildman–Crippen LogP) is 2.22. The fourth-order valence-electron chi connectivity index (χ4n) is 4.19. The van der Waals surface area contributed by atoms with Crippen LogP contribution in [0.15, 0.2) is 30.3 Å². The van der Waals surface area contributed by atoms with Gasteiger partial charge in [0, 0.05) is 58.3 Å². The van der Waals surface area contributed by atoms with Crippen molar-refractivity contribution in [2.75, 3.05) is 53.4 Å². The van der Waals surface area contributed by atoms with E-state index in [0.717, 1.165) is 58.6 Å². The number of hydrogen-bond donors (Lipinski definition) is 0. The molecule has 0 aromatic heterocycles. The van der Waals surface area contributed by atoms with Crippen LogP contribution in [0.1, 0.15) is 31.2 Å². The molecule has 2 saturated heterocycles. The third-order valence-electron chi connectivity index (χ3n) is 6.10. The van der Waals surface area contributed by atoms with Crippen molar-refractivity contribution in [3.8, 4) is 0 Å². The summed E-state index contributed by atoms with van der Waals surface area (Å²) < 4.78 is 5.83. The lowest BCUT2D eigenvalue weighted by Crippen LogP contribution is -2.61. The van der Waals surface area contributed by atoms with Gasteiger partial charge in [-0.2, -0.15) is 0 Å². The van der Waals surface area contributed by atoms with Gasteiger partial charge in [0.2, 0.25) is 5.91 Å². The third kappa shape index (κ3) is 4.84. The van der Waals surface area contributed by atoms with Gasteiger partial charge < -0.3 is 14.5 Å². The SMILES string of the molecule is CN1CCC2(CCC1=O)CN(CCCOCc1ccccc1)CCN2C. The van der Waals surface area contributed by atoms with Crippen LogP contribution in [0.3, 0.4) is 0 Å². The molecular weight excluding hydrogens is 326 g/mol. The number of piperazine rings is 1. The summed E-state index contributed by atoms with van der Waals surface area (Å²) >= 11 is 0. The van der Waals surface area contributed by atoms with E-state index < -0.39 is 0 Å². The van der Waals surface area contributed by atoms with Crippen LogP contribution in [0.2, 0.25) is 0 Å². The van der Waals surface area contributed by atoms with Crippen LogP contribution in [-0.4, -0.2) is 79.6 Å². The van der Waals surface area contributed by atoms with E-state index in [9.17, 15) is 4.79 Å². The summed E-state index contributed by atoms with van der Waals surface area (Å²) in [6.45, 7) is 6.72. The van der Waals surface area contributed by atoms with Crippen LogP contribution < -0.4 is 0 Å². The maximum absolute atomic E-state index is 12.1. The van der Waals surface area contributed by atoms with Crippen molar-refractivity contribution >= 4 is 5.91 Å². The quantitative estimate of drug-likeness (QED) is 0.730. The van der Waals surface area contributed by atoms with Crippen LogP contribution in [0.25, 0.3) is 0 Å². The lowest BCUT2D eigenvalue weighted by Gasteiger charge is -2.49. The molecule has 3 rings (SSSR count). The molecule has 144 valence electrons. The predicted molar refractivity (Wildman–Crippen MR) is 104 cm³/mol. The molecule has 0 aliphatic carbocycles. The minimum Gasteiger partial charge on any atom is -0.377 e. The Hall–Kier alpha value is -1.43. The molecule has 5 nitrogen and oxygen atoms in total. The second-order valence-corrected chi connectivity index (χ2v) is 7.88. The van der Waals surface area contributed by atoms with Gasteiger partial charge >= 0.3 is 0 Å². The number of ether oxygens (including phenoxy) is 1. The highest BCUT2D eigenvalue weighted by Crippen LogP contribution is 2.31. The van der Waals surface area contributed by atoms with Gasteiger partial charge in [0.15, 0.2) is 0 Å². The summed E-state index contributed by atoms with van der Waals surface area (Å²) in [5, 5.41) is 0. The molecule has 2 aliphatic heterocycles. The zero-order valence-electron chi connectivity index (χ0n) is 16.3. The molecule has 1 atom stereocenters. The molecular formula is C21H33N3O2. The van der Waals surface area contributed by atoms with Gasteiger partial charge in [0.1, 0.15) is 0 Å². The summed E-state index contributed by atoms with van der Waals surface area (Å²) in [7, 11) is 4.17. The van der Waals surface area contributed by atoms with Gasteiger partial charge in [0.25, 0.3) is 0 Å². The second-order valence-electron chi connectivity index (χ2n) is 7.88. The average molecular weight is 360 g/mol. The Labute approximate surface area is 157 Å². The van der Waals surface area contributed by atoms with Gasteiger partial charge in [-0.1, -0.05) is 30.3 Å². The largest absolute Gasteiger partial charge is 0.377 e. The van der Waals surface area contributed by atoms with E-state index in [2.05, 4.69) is 41.1 Å². The Balaban J connectivity index is 1.43. The number of amides is 1. The van der Waals surface area contributed by atoms with Crippen LogP contribution in [0.5, 0.6) is 0 Å². The highest BCUT2D eigenvalue weighted by molar-refractivity contribution is 5.76. The minimum atomic E-state index is 0.156. The standard InChI is InChI=1S/C21H33N3O2/c1-22-13-11-21(10-9-20(22)25)18-24(15-14-23(21)2)12-6-16-26-17-19-7-4-3-5-8-19/h3-5,7-8H,6,9-18H2,1-2H3. The van der Waals surface area contributed by atoms with Gasteiger partial charge in [-0.25, -0.2) is 0 Å². The molecule has 0 bridgehead atoms. The van der Waals surface area contributed by atoms with Gasteiger partial charge in [-0.15, -0.1) is 0 Å². The van der Waals surface area contributed by atoms with Crippen LogP contribution in [-0.2, 0) is 16.1 Å². The number of benzene rings is 1. The van der Waals surface area contributed by atoms with Crippen molar-refractivity contribution < 1.29 is 9.53 Å². The monoisotopic (exact) mass is 359 g/mol. The summed E-state index contributed by atoms with van der Waals surface area (Å²) in [6, 6.07) is 10.4. The molecule has 1 amide bonds. The minimum absolute atomic E-state index is 0.156. The van der Waals surface area contributed by atoms with Crippen LogP contribution >= 0.6 is 0 Å². The van der Waals surface area contributed by atoms with Crippen LogP contribution in [0, 0.1) is 0 Å². The van der Waals surface area contributed by atoms with Crippen molar-refractivity contribution in [1.29, 1.82) is 0 Å². The number of carbonyl (C=O) groups is 1. The lowest BCUT2D eigenvalue weighted by atomic mass is 9.86. The first kappa shape index (κ1) is 19.3. The highest BCUT2D eigenvalue weighted by Gasteiger charge is 2.41. The molecule has 0 saturated carbocycles. The van der Waals surface area contributed by atoms with Gasteiger partial charge in [-0.3, -0.25) is 9.69 Å². The Bertz CT molecular complexity index is 580. The first-order valence-electron chi connectivity index (χ1n) is 9.88. The first-order valence-corrected chi connectivity index (χ1v) is 9.88. The van der Waals surface area contributed by atoms with E-state index >= 15 is 0 Å². The van der Waals surface area contributed by atoms with E-state index in [-0.39, 0.29) is 5.54 Å². The highest BCUT2D eigenvalue weighted by atomic mass is 16.5. The number of carbonyl (C=O) groups excluding carboxylic acids is 1. The lowest BCUT2D eigenvalue weighted by molar-refractivity contribution is -0.129. The molecule has 26 heavy (non-hydrogen) atoms. The summed E-state index contributed by atoms with van der Waals surface area (Å²) in [5.74, 6) is 0.293. The van der Waals surface area contributed by atoms with Crippen molar-refractivity contribution in [3.05, 3.63) is 35.9 Å². The normalized spacial score (nSPS) is 25.6. The third-order valence-corrected chi connectivity index (χ3v) is 6.10. The Morgan fingerprint density at radius 2 is 1.88 bits per heavy atom. The maximum Gasteiger partial charge on any atom is 0.222 e. The zero-order valence-corrected chi connectivity index (χ0v) is 16.3. The molecule has 1 spiro atoms. The maximum atomic E-state index is 12.1. The molecule has 1 aromatic rings. The topological polar surface area (TPSA) is 36.0 Å².